The normalized spacial score (nSPS) is 19.0. The summed E-state index contributed by atoms with van der Waals surface area (Å²) in [6.07, 6.45) is 3.75. The Hall–Kier alpha value is -1.83. The molecule has 2 unspecified atom stereocenters. The summed E-state index contributed by atoms with van der Waals surface area (Å²) in [4.78, 5) is 32.1. The molecule has 2 aliphatic rings. The first-order chi connectivity index (χ1) is 11.5. The second-order valence-electron chi connectivity index (χ2n) is 7.79. The number of carbonyl (C=O) groups excluding carboxylic acids is 1. The molecule has 0 saturated heterocycles. The van der Waals surface area contributed by atoms with Gasteiger partial charge in [0.05, 0.1) is 12.8 Å². The molecule has 2 aliphatic carbocycles. The number of hydrogen-bond donors (Lipinski definition) is 4. The maximum absolute atomic E-state index is 11.5. The van der Waals surface area contributed by atoms with Crippen LogP contribution in [0.15, 0.2) is 0 Å². The molecule has 0 aromatic heterocycles. The molecule has 0 radical (unpaired) electrons. The fraction of sp³-hybridized carbons (Fsp3) is 0.824. The van der Waals surface area contributed by atoms with Crippen LogP contribution in [0.2, 0.25) is 0 Å². The van der Waals surface area contributed by atoms with E-state index in [1.54, 1.807) is 20.8 Å². The van der Waals surface area contributed by atoms with Gasteiger partial charge in [0, 0.05) is 12.1 Å². The van der Waals surface area contributed by atoms with Gasteiger partial charge < -0.3 is 26.0 Å². The van der Waals surface area contributed by atoms with Crippen molar-refractivity contribution >= 4 is 18.0 Å². The average molecular weight is 358 g/mol. The lowest BCUT2D eigenvalue weighted by Crippen LogP contribution is -2.41. The lowest BCUT2D eigenvalue weighted by Gasteiger charge is -2.22. The molecule has 0 aliphatic heterocycles. The molecule has 0 bridgehead atoms. The van der Waals surface area contributed by atoms with Crippen LogP contribution in [0.5, 0.6) is 0 Å². The lowest BCUT2D eigenvalue weighted by molar-refractivity contribution is -0.138. The fourth-order valence-corrected chi connectivity index (χ4v) is 2.37. The van der Waals surface area contributed by atoms with Crippen molar-refractivity contribution in [3.63, 3.8) is 0 Å². The first-order valence-electron chi connectivity index (χ1n) is 8.66. The Morgan fingerprint density at radius 2 is 1.52 bits per heavy atom. The minimum Gasteiger partial charge on any atom is -0.481 e. The Labute approximate surface area is 148 Å². The highest BCUT2D eigenvalue weighted by molar-refractivity contribution is 5.71. The Balaban J connectivity index is 0.000000293. The molecule has 2 saturated carbocycles. The molecule has 2 atom stereocenters. The first kappa shape index (κ1) is 21.2. The number of carboxylic acid groups (broad SMARTS) is 2. The quantitative estimate of drug-likeness (QED) is 0.545. The maximum Gasteiger partial charge on any atom is 0.407 e. The molecule has 1 amide bonds. The zero-order valence-electron chi connectivity index (χ0n) is 15.2. The van der Waals surface area contributed by atoms with Gasteiger partial charge in [-0.15, -0.1) is 0 Å². The second kappa shape index (κ2) is 9.03. The third-order valence-electron chi connectivity index (χ3n) is 3.93. The maximum atomic E-state index is 11.5. The SMILES string of the molecule is CC(C)(C)OC(=O)NC(CC(=O)O)C1CC1.NC(CC(=O)O)C1CC1. The molecular weight excluding hydrogens is 328 g/mol. The Morgan fingerprint density at radius 1 is 1.04 bits per heavy atom. The molecule has 0 spiro atoms. The summed E-state index contributed by atoms with van der Waals surface area (Å²) >= 11 is 0. The highest BCUT2D eigenvalue weighted by Gasteiger charge is 2.34. The summed E-state index contributed by atoms with van der Waals surface area (Å²) in [5.41, 5.74) is 4.94. The predicted molar refractivity (Wildman–Crippen MR) is 91.1 cm³/mol. The van der Waals surface area contributed by atoms with Crippen molar-refractivity contribution in [2.24, 2.45) is 17.6 Å². The topological polar surface area (TPSA) is 139 Å². The van der Waals surface area contributed by atoms with Crippen molar-refractivity contribution in [3.05, 3.63) is 0 Å². The molecule has 25 heavy (non-hydrogen) atoms. The summed E-state index contributed by atoms with van der Waals surface area (Å²) in [7, 11) is 0. The minimum atomic E-state index is -0.895. The number of rotatable bonds is 7. The molecule has 0 aromatic carbocycles. The van der Waals surface area contributed by atoms with E-state index in [-0.39, 0.29) is 24.9 Å². The van der Waals surface area contributed by atoms with E-state index >= 15 is 0 Å². The van der Waals surface area contributed by atoms with E-state index in [2.05, 4.69) is 5.32 Å². The monoisotopic (exact) mass is 358 g/mol. The van der Waals surface area contributed by atoms with Crippen LogP contribution in [0, 0.1) is 11.8 Å². The molecular formula is C17H30N2O6. The minimum absolute atomic E-state index is 0.0378. The number of nitrogens with two attached hydrogens (primary N) is 1. The molecule has 2 fully saturated rings. The van der Waals surface area contributed by atoms with Gasteiger partial charge >= 0.3 is 18.0 Å². The third kappa shape index (κ3) is 10.6. The van der Waals surface area contributed by atoms with E-state index in [0.717, 1.165) is 25.7 Å². The smallest absolute Gasteiger partial charge is 0.407 e. The second-order valence-corrected chi connectivity index (χ2v) is 7.79. The van der Waals surface area contributed by atoms with Crippen molar-refractivity contribution in [2.75, 3.05) is 0 Å². The number of carboxylic acids is 2. The number of hydrogen-bond acceptors (Lipinski definition) is 5. The Morgan fingerprint density at radius 3 is 1.88 bits per heavy atom. The van der Waals surface area contributed by atoms with Gasteiger partial charge in [0.1, 0.15) is 5.60 Å². The summed E-state index contributed by atoms with van der Waals surface area (Å²) < 4.78 is 5.08. The molecule has 5 N–H and O–H groups in total. The van der Waals surface area contributed by atoms with Gasteiger partial charge in [0.2, 0.25) is 0 Å². The Kier molecular flexibility index (Phi) is 7.66. The number of amides is 1. The van der Waals surface area contributed by atoms with Crippen molar-refractivity contribution in [1.82, 2.24) is 5.32 Å². The van der Waals surface area contributed by atoms with Crippen LogP contribution in [0.1, 0.15) is 59.3 Å². The van der Waals surface area contributed by atoms with Gasteiger partial charge in [-0.05, 0) is 58.3 Å². The zero-order chi connectivity index (χ0) is 19.2. The van der Waals surface area contributed by atoms with Crippen LogP contribution in [0.25, 0.3) is 0 Å². The van der Waals surface area contributed by atoms with Crippen LogP contribution in [-0.4, -0.2) is 45.9 Å². The van der Waals surface area contributed by atoms with Crippen molar-refractivity contribution in [3.8, 4) is 0 Å². The van der Waals surface area contributed by atoms with Crippen LogP contribution in [0.3, 0.4) is 0 Å². The third-order valence-corrected chi connectivity index (χ3v) is 3.93. The van der Waals surface area contributed by atoms with Gasteiger partial charge in [0.15, 0.2) is 0 Å². The summed E-state index contributed by atoms with van der Waals surface area (Å²) in [6.45, 7) is 5.32. The van der Waals surface area contributed by atoms with E-state index in [9.17, 15) is 14.4 Å². The van der Waals surface area contributed by atoms with Gasteiger partial charge in [0.25, 0.3) is 0 Å². The number of ether oxygens (including phenoxy) is 1. The first-order valence-corrected chi connectivity index (χ1v) is 8.66. The van der Waals surface area contributed by atoms with Gasteiger partial charge in [-0.25, -0.2) is 4.79 Å². The molecule has 8 nitrogen and oxygen atoms in total. The Bertz CT molecular complexity index is 480. The average Bonchev–Trinajstić information content (AvgIpc) is 3.26. The van der Waals surface area contributed by atoms with Crippen LogP contribution in [0.4, 0.5) is 4.79 Å². The van der Waals surface area contributed by atoms with Crippen molar-refractivity contribution in [1.29, 1.82) is 0 Å². The zero-order valence-corrected chi connectivity index (χ0v) is 15.2. The standard InChI is InChI=1S/C11H19NO4.C6H11NO2/c1-11(2,3)16-10(15)12-8(6-9(13)14)7-4-5-7;7-5(3-6(8)9)4-1-2-4/h7-8H,4-6H2,1-3H3,(H,12,15)(H,13,14);4-5H,1-3,7H2,(H,8,9). The molecule has 8 heteroatoms. The predicted octanol–water partition coefficient (Wildman–Crippen LogP) is 1.96. The molecule has 144 valence electrons. The number of carbonyl (C=O) groups is 3. The van der Waals surface area contributed by atoms with Crippen LogP contribution < -0.4 is 11.1 Å². The van der Waals surface area contributed by atoms with E-state index in [1.807, 2.05) is 0 Å². The van der Waals surface area contributed by atoms with E-state index in [0.29, 0.717) is 11.8 Å². The van der Waals surface area contributed by atoms with Gasteiger partial charge in [-0.2, -0.15) is 0 Å². The number of nitrogens with one attached hydrogen (secondary N) is 1. The molecule has 2 rings (SSSR count). The highest BCUT2D eigenvalue weighted by Crippen LogP contribution is 2.34. The summed E-state index contributed by atoms with van der Waals surface area (Å²) in [5, 5.41) is 19.6. The van der Waals surface area contributed by atoms with Gasteiger partial charge in [-0.1, -0.05) is 0 Å². The van der Waals surface area contributed by atoms with E-state index in [4.69, 9.17) is 20.7 Å². The fourth-order valence-electron chi connectivity index (χ4n) is 2.37. The largest absolute Gasteiger partial charge is 0.481 e. The van der Waals surface area contributed by atoms with E-state index in [1.165, 1.54) is 0 Å². The van der Waals surface area contributed by atoms with Crippen molar-refractivity contribution < 1.29 is 29.3 Å². The summed E-state index contributed by atoms with van der Waals surface area (Å²) in [6, 6.07) is -0.394. The van der Waals surface area contributed by atoms with Crippen LogP contribution in [-0.2, 0) is 14.3 Å². The number of alkyl carbamates (subject to hydrolysis) is 1. The molecule has 0 heterocycles. The lowest BCUT2D eigenvalue weighted by atomic mass is 10.1. The van der Waals surface area contributed by atoms with Crippen molar-refractivity contribution in [2.45, 2.75) is 77.0 Å². The van der Waals surface area contributed by atoms with Gasteiger partial charge in [-0.3, -0.25) is 9.59 Å². The molecule has 0 aromatic rings. The van der Waals surface area contributed by atoms with Crippen LogP contribution >= 0.6 is 0 Å². The number of aliphatic carboxylic acids is 2. The summed E-state index contributed by atoms with van der Waals surface area (Å²) in [5.74, 6) is -0.882. The highest BCUT2D eigenvalue weighted by atomic mass is 16.6. The van der Waals surface area contributed by atoms with E-state index < -0.39 is 23.6 Å².